The van der Waals surface area contributed by atoms with E-state index in [-0.39, 0.29) is 5.03 Å². The van der Waals surface area contributed by atoms with Crippen molar-refractivity contribution >= 4 is 10.0 Å². The standard InChI is InChI=1S/C16H22N4O2S/c1-13-9-15(3-6-17-13)10-14-4-7-20(8-5-14)23(21,22)16-11-19(2)12-18-16/h3,6,9,11-12,14H,4-5,7-8,10H2,1-2H3. The van der Waals surface area contributed by atoms with Gasteiger partial charge in [-0.3, -0.25) is 4.98 Å². The van der Waals surface area contributed by atoms with Gasteiger partial charge in [0.1, 0.15) is 0 Å². The minimum absolute atomic E-state index is 0.142. The van der Waals surface area contributed by atoms with Crippen LogP contribution in [0.4, 0.5) is 0 Å². The molecule has 3 rings (SSSR count). The summed E-state index contributed by atoms with van der Waals surface area (Å²) >= 11 is 0. The fourth-order valence-corrected chi connectivity index (χ4v) is 4.51. The van der Waals surface area contributed by atoms with Crippen LogP contribution in [0.2, 0.25) is 0 Å². The molecule has 23 heavy (non-hydrogen) atoms. The molecule has 0 bridgehead atoms. The molecule has 1 aliphatic rings. The maximum atomic E-state index is 12.6. The highest BCUT2D eigenvalue weighted by Gasteiger charge is 2.30. The Morgan fingerprint density at radius 2 is 2.00 bits per heavy atom. The first kappa shape index (κ1) is 16.1. The van der Waals surface area contributed by atoms with Gasteiger partial charge in [-0.1, -0.05) is 0 Å². The van der Waals surface area contributed by atoms with Crippen LogP contribution in [-0.4, -0.2) is 40.3 Å². The van der Waals surface area contributed by atoms with E-state index in [1.807, 2.05) is 19.2 Å². The molecule has 6 nitrogen and oxygen atoms in total. The number of hydrogen-bond donors (Lipinski definition) is 0. The zero-order valence-electron chi connectivity index (χ0n) is 13.5. The van der Waals surface area contributed by atoms with Crippen molar-refractivity contribution in [2.24, 2.45) is 13.0 Å². The molecule has 0 spiro atoms. The second-order valence-corrected chi connectivity index (χ2v) is 8.12. The molecular formula is C16H22N4O2S. The topological polar surface area (TPSA) is 68.1 Å². The quantitative estimate of drug-likeness (QED) is 0.854. The van der Waals surface area contributed by atoms with Crippen LogP contribution in [0, 0.1) is 12.8 Å². The number of hydrogen-bond acceptors (Lipinski definition) is 4. The van der Waals surface area contributed by atoms with Gasteiger partial charge in [0.25, 0.3) is 10.0 Å². The van der Waals surface area contributed by atoms with E-state index in [2.05, 4.69) is 16.0 Å². The van der Waals surface area contributed by atoms with Gasteiger partial charge in [0.15, 0.2) is 5.03 Å². The average molecular weight is 334 g/mol. The molecular weight excluding hydrogens is 312 g/mol. The molecule has 0 amide bonds. The van der Waals surface area contributed by atoms with Crippen LogP contribution in [0.1, 0.15) is 24.1 Å². The Bertz CT molecular complexity index is 777. The number of rotatable bonds is 4. The molecule has 2 aromatic heterocycles. The molecule has 2 aromatic rings. The van der Waals surface area contributed by atoms with Crippen LogP contribution in [0.15, 0.2) is 35.9 Å². The molecule has 3 heterocycles. The summed E-state index contributed by atoms with van der Waals surface area (Å²) in [5.41, 5.74) is 2.31. The summed E-state index contributed by atoms with van der Waals surface area (Å²) in [6, 6.07) is 4.15. The van der Waals surface area contributed by atoms with E-state index in [4.69, 9.17) is 0 Å². The van der Waals surface area contributed by atoms with Crippen LogP contribution < -0.4 is 0 Å². The highest BCUT2D eigenvalue weighted by atomic mass is 32.2. The summed E-state index contributed by atoms with van der Waals surface area (Å²) in [4.78, 5) is 8.20. The number of sulfonamides is 1. The molecule has 0 radical (unpaired) electrons. The fourth-order valence-electron chi connectivity index (χ4n) is 3.07. The Morgan fingerprint density at radius 3 is 2.61 bits per heavy atom. The second-order valence-electron chi connectivity index (χ2n) is 6.23. The third-order valence-electron chi connectivity index (χ3n) is 4.34. The lowest BCUT2D eigenvalue weighted by atomic mass is 9.91. The summed E-state index contributed by atoms with van der Waals surface area (Å²) in [6.07, 6.45) is 7.67. The Morgan fingerprint density at radius 1 is 1.26 bits per heavy atom. The number of aromatic nitrogens is 3. The van der Waals surface area contributed by atoms with Crippen LogP contribution >= 0.6 is 0 Å². The van der Waals surface area contributed by atoms with Crippen molar-refractivity contribution in [1.82, 2.24) is 18.8 Å². The Balaban J connectivity index is 1.62. The fraction of sp³-hybridized carbons (Fsp3) is 0.500. The summed E-state index contributed by atoms with van der Waals surface area (Å²) in [6.45, 7) is 3.12. The number of nitrogens with zero attached hydrogens (tertiary/aromatic N) is 4. The number of piperidine rings is 1. The first-order chi connectivity index (χ1) is 10.9. The summed E-state index contributed by atoms with van der Waals surface area (Å²) in [5, 5.41) is 0.142. The molecule has 0 N–H and O–H groups in total. The zero-order valence-corrected chi connectivity index (χ0v) is 14.3. The molecule has 0 atom stereocenters. The van der Waals surface area contributed by atoms with Gasteiger partial charge in [0.2, 0.25) is 0 Å². The SMILES string of the molecule is Cc1cc(CC2CCN(S(=O)(=O)c3cn(C)cn3)CC2)ccn1. The molecule has 0 aromatic carbocycles. The first-order valence-electron chi connectivity index (χ1n) is 7.85. The van der Waals surface area contributed by atoms with Gasteiger partial charge in [0, 0.05) is 38.2 Å². The highest BCUT2D eigenvalue weighted by molar-refractivity contribution is 7.89. The Kier molecular flexibility index (Phi) is 4.50. The second kappa shape index (κ2) is 6.41. The van der Waals surface area contributed by atoms with E-state index in [1.54, 1.807) is 22.1 Å². The number of aryl methyl sites for hydroxylation is 2. The largest absolute Gasteiger partial charge is 0.339 e. The maximum absolute atomic E-state index is 12.6. The van der Waals surface area contributed by atoms with E-state index in [0.717, 1.165) is 25.0 Å². The highest BCUT2D eigenvalue weighted by Crippen LogP contribution is 2.25. The first-order valence-corrected chi connectivity index (χ1v) is 9.29. The maximum Gasteiger partial charge on any atom is 0.262 e. The van der Waals surface area contributed by atoms with Gasteiger partial charge in [0.05, 0.1) is 6.33 Å². The van der Waals surface area contributed by atoms with Gasteiger partial charge in [-0.05, 0) is 49.8 Å². The lowest BCUT2D eigenvalue weighted by Crippen LogP contribution is -2.39. The van der Waals surface area contributed by atoms with Crippen molar-refractivity contribution in [2.45, 2.75) is 31.2 Å². The summed E-state index contributed by atoms with van der Waals surface area (Å²) in [7, 11) is -1.68. The molecule has 0 saturated carbocycles. The van der Waals surface area contributed by atoms with Crippen LogP contribution in [0.25, 0.3) is 0 Å². The average Bonchev–Trinajstić information content (AvgIpc) is 2.95. The third kappa shape index (κ3) is 3.61. The predicted octanol–water partition coefficient (Wildman–Crippen LogP) is 1.77. The predicted molar refractivity (Wildman–Crippen MR) is 87.4 cm³/mol. The molecule has 1 saturated heterocycles. The van der Waals surface area contributed by atoms with Crippen LogP contribution in [0.3, 0.4) is 0 Å². The van der Waals surface area contributed by atoms with Crippen molar-refractivity contribution in [3.8, 4) is 0 Å². The summed E-state index contributed by atoms with van der Waals surface area (Å²) < 4.78 is 28.3. The molecule has 124 valence electrons. The lowest BCUT2D eigenvalue weighted by molar-refractivity contribution is 0.272. The Hall–Kier alpha value is -1.73. The summed E-state index contributed by atoms with van der Waals surface area (Å²) in [5.74, 6) is 0.520. The van der Waals surface area contributed by atoms with Crippen molar-refractivity contribution in [1.29, 1.82) is 0 Å². The van der Waals surface area contributed by atoms with Crippen molar-refractivity contribution in [2.75, 3.05) is 13.1 Å². The number of pyridine rings is 1. The van der Waals surface area contributed by atoms with E-state index in [1.165, 1.54) is 11.9 Å². The van der Waals surface area contributed by atoms with E-state index in [9.17, 15) is 8.42 Å². The molecule has 0 unspecified atom stereocenters. The van der Waals surface area contributed by atoms with Crippen LogP contribution in [-0.2, 0) is 23.5 Å². The van der Waals surface area contributed by atoms with Gasteiger partial charge in [-0.25, -0.2) is 13.4 Å². The monoisotopic (exact) mass is 334 g/mol. The van der Waals surface area contributed by atoms with Gasteiger partial charge in [-0.15, -0.1) is 0 Å². The van der Waals surface area contributed by atoms with Crippen LogP contribution in [0.5, 0.6) is 0 Å². The van der Waals surface area contributed by atoms with Gasteiger partial charge >= 0.3 is 0 Å². The normalized spacial score (nSPS) is 17.5. The minimum Gasteiger partial charge on any atom is -0.339 e. The van der Waals surface area contributed by atoms with Crippen molar-refractivity contribution in [3.05, 3.63) is 42.1 Å². The number of imidazole rings is 1. The zero-order chi connectivity index (χ0) is 16.4. The van der Waals surface area contributed by atoms with Crippen molar-refractivity contribution < 1.29 is 8.42 Å². The minimum atomic E-state index is -3.45. The molecule has 1 fully saturated rings. The molecule has 0 aliphatic carbocycles. The van der Waals surface area contributed by atoms with Gasteiger partial charge < -0.3 is 4.57 Å². The molecule has 1 aliphatic heterocycles. The van der Waals surface area contributed by atoms with Gasteiger partial charge in [-0.2, -0.15) is 4.31 Å². The lowest BCUT2D eigenvalue weighted by Gasteiger charge is -2.30. The Labute approximate surface area is 137 Å². The van der Waals surface area contributed by atoms with Crippen molar-refractivity contribution in [3.63, 3.8) is 0 Å². The van der Waals surface area contributed by atoms with E-state index >= 15 is 0 Å². The smallest absolute Gasteiger partial charge is 0.262 e. The molecule has 7 heteroatoms. The third-order valence-corrected chi connectivity index (χ3v) is 6.13. The van der Waals surface area contributed by atoms with E-state index in [0.29, 0.717) is 19.0 Å². The van der Waals surface area contributed by atoms with E-state index < -0.39 is 10.0 Å².